The van der Waals surface area contributed by atoms with Gasteiger partial charge in [-0.25, -0.2) is 4.79 Å². The number of urea groups is 1. The van der Waals surface area contributed by atoms with Gasteiger partial charge in [0.1, 0.15) is 0 Å². The molecule has 0 aromatic rings. The van der Waals surface area contributed by atoms with Crippen LogP contribution in [0.4, 0.5) is 4.79 Å². The van der Waals surface area contributed by atoms with Gasteiger partial charge in [0.2, 0.25) is 0 Å². The van der Waals surface area contributed by atoms with E-state index in [-0.39, 0.29) is 6.03 Å². The minimum atomic E-state index is 0.107. The Morgan fingerprint density at radius 1 is 1.58 bits per heavy atom. The van der Waals surface area contributed by atoms with Crippen LogP contribution >= 0.6 is 0 Å². The molecule has 1 aliphatic heterocycles. The van der Waals surface area contributed by atoms with E-state index in [1.807, 2.05) is 4.90 Å². The molecule has 3 N–H and O–H groups in total. The molecule has 12 heavy (non-hydrogen) atoms. The Labute approximate surface area is 72.1 Å². The summed E-state index contributed by atoms with van der Waals surface area (Å²) < 4.78 is 0. The maximum Gasteiger partial charge on any atom is 0.317 e. The van der Waals surface area contributed by atoms with E-state index in [0.29, 0.717) is 18.6 Å². The zero-order chi connectivity index (χ0) is 8.55. The normalized spacial score (nSPS) is 29.2. The third-order valence-electron chi connectivity index (χ3n) is 2.51. The highest BCUT2D eigenvalue weighted by molar-refractivity contribution is 5.77. The predicted octanol–water partition coefficient (Wildman–Crippen LogP) is -0.109. The number of nitrogens with one attached hydrogen (secondary N) is 1. The highest BCUT2D eigenvalue weighted by Gasteiger charge is 2.38. The van der Waals surface area contributed by atoms with Crippen molar-refractivity contribution in [2.45, 2.75) is 31.3 Å². The molecule has 1 aliphatic carbocycles. The molecule has 0 bridgehead atoms. The zero-order valence-corrected chi connectivity index (χ0v) is 7.12. The summed E-state index contributed by atoms with van der Waals surface area (Å²) in [5.74, 6) is 0. The van der Waals surface area contributed by atoms with Crippen LogP contribution < -0.4 is 11.1 Å². The van der Waals surface area contributed by atoms with Crippen LogP contribution in [0.2, 0.25) is 0 Å². The number of amides is 2. The first kappa shape index (κ1) is 7.86. The maximum atomic E-state index is 11.3. The van der Waals surface area contributed by atoms with Gasteiger partial charge >= 0.3 is 6.03 Å². The lowest BCUT2D eigenvalue weighted by Crippen LogP contribution is -2.30. The van der Waals surface area contributed by atoms with Gasteiger partial charge in [-0.2, -0.15) is 0 Å². The lowest BCUT2D eigenvalue weighted by molar-refractivity contribution is 0.215. The SMILES string of the molecule is NCCC1CN(C2CC2)C(=O)N1. The van der Waals surface area contributed by atoms with E-state index in [1.54, 1.807) is 0 Å². The van der Waals surface area contributed by atoms with Gasteiger partial charge in [0.25, 0.3) is 0 Å². The number of nitrogens with two attached hydrogens (primary N) is 1. The molecule has 0 spiro atoms. The third kappa shape index (κ3) is 1.39. The summed E-state index contributed by atoms with van der Waals surface area (Å²) in [6.07, 6.45) is 3.26. The molecule has 0 aromatic heterocycles. The quantitative estimate of drug-likeness (QED) is 0.619. The van der Waals surface area contributed by atoms with Crippen molar-refractivity contribution in [1.82, 2.24) is 10.2 Å². The Kier molecular flexibility index (Phi) is 1.92. The molecule has 0 aromatic carbocycles. The van der Waals surface area contributed by atoms with Crippen molar-refractivity contribution < 1.29 is 4.79 Å². The largest absolute Gasteiger partial charge is 0.333 e. The van der Waals surface area contributed by atoms with E-state index in [9.17, 15) is 4.79 Å². The molecule has 1 saturated heterocycles. The van der Waals surface area contributed by atoms with E-state index in [2.05, 4.69) is 5.32 Å². The minimum absolute atomic E-state index is 0.107. The third-order valence-corrected chi connectivity index (χ3v) is 2.51. The highest BCUT2D eigenvalue weighted by Crippen LogP contribution is 2.28. The summed E-state index contributed by atoms with van der Waals surface area (Å²) in [5, 5.41) is 2.93. The fourth-order valence-electron chi connectivity index (χ4n) is 1.69. The molecule has 1 saturated carbocycles. The molecule has 68 valence electrons. The van der Waals surface area contributed by atoms with Crippen LogP contribution in [0.15, 0.2) is 0 Å². The van der Waals surface area contributed by atoms with Gasteiger partial charge in [0.15, 0.2) is 0 Å². The van der Waals surface area contributed by atoms with E-state index >= 15 is 0 Å². The Hall–Kier alpha value is -0.770. The van der Waals surface area contributed by atoms with Crippen LogP contribution in [0.3, 0.4) is 0 Å². The van der Waals surface area contributed by atoms with E-state index in [4.69, 9.17) is 5.73 Å². The molecule has 2 fully saturated rings. The van der Waals surface area contributed by atoms with E-state index in [1.165, 1.54) is 12.8 Å². The van der Waals surface area contributed by atoms with Crippen LogP contribution in [-0.4, -0.2) is 36.1 Å². The van der Waals surface area contributed by atoms with E-state index in [0.717, 1.165) is 13.0 Å². The molecule has 1 atom stereocenters. The number of nitrogens with zero attached hydrogens (tertiary/aromatic N) is 1. The summed E-state index contributed by atoms with van der Waals surface area (Å²) in [6, 6.07) is 0.937. The Morgan fingerprint density at radius 3 is 2.92 bits per heavy atom. The minimum Gasteiger partial charge on any atom is -0.333 e. The van der Waals surface area contributed by atoms with Crippen LogP contribution in [-0.2, 0) is 0 Å². The lowest BCUT2D eigenvalue weighted by atomic mass is 10.2. The van der Waals surface area contributed by atoms with Crippen LogP contribution in [0.25, 0.3) is 0 Å². The van der Waals surface area contributed by atoms with Gasteiger partial charge in [0.05, 0.1) is 0 Å². The lowest BCUT2D eigenvalue weighted by Gasteiger charge is -2.12. The molecule has 1 heterocycles. The summed E-state index contributed by atoms with van der Waals surface area (Å²) in [6.45, 7) is 1.52. The molecule has 2 rings (SSSR count). The first-order chi connectivity index (χ1) is 5.81. The molecule has 4 nitrogen and oxygen atoms in total. The summed E-state index contributed by atoms with van der Waals surface area (Å²) in [7, 11) is 0. The molecule has 4 heteroatoms. The Bertz CT molecular complexity index is 191. The van der Waals surface area contributed by atoms with Crippen molar-refractivity contribution in [2.75, 3.05) is 13.1 Å². The fraction of sp³-hybridized carbons (Fsp3) is 0.875. The molecular weight excluding hydrogens is 154 g/mol. The Morgan fingerprint density at radius 2 is 2.33 bits per heavy atom. The highest BCUT2D eigenvalue weighted by atomic mass is 16.2. The number of rotatable bonds is 3. The average molecular weight is 169 g/mol. The number of carbonyl (C=O) groups is 1. The molecule has 2 amide bonds. The van der Waals surface area contributed by atoms with Crippen molar-refractivity contribution in [2.24, 2.45) is 5.73 Å². The summed E-state index contributed by atoms with van der Waals surface area (Å²) >= 11 is 0. The van der Waals surface area contributed by atoms with Gasteiger partial charge in [-0.3, -0.25) is 0 Å². The van der Waals surface area contributed by atoms with Gasteiger partial charge < -0.3 is 16.0 Å². The van der Waals surface area contributed by atoms with Gasteiger partial charge in [-0.15, -0.1) is 0 Å². The number of carbonyl (C=O) groups excluding carboxylic acids is 1. The summed E-state index contributed by atoms with van der Waals surface area (Å²) in [4.78, 5) is 13.3. The number of hydrogen-bond acceptors (Lipinski definition) is 2. The second kappa shape index (κ2) is 2.94. The molecule has 1 unspecified atom stereocenters. The first-order valence-electron chi connectivity index (χ1n) is 4.58. The van der Waals surface area contributed by atoms with Crippen LogP contribution in [0.1, 0.15) is 19.3 Å². The van der Waals surface area contributed by atoms with Gasteiger partial charge in [0, 0.05) is 18.6 Å². The molecule has 0 radical (unpaired) electrons. The predicted molar refractivity (Wildman–Crippen MR) is 45.7 cm³/mol. The fourth-order valence-corrected chi connectivity index (χ4v) is 1.69. The van der Waals surface area contributed by atoms with Crippen molar-refractivity contribution in [3.8, 4) is 0 Å². The van der Waals surface area contributed by atoms with Gasteiger partial charge in [-0.1, -0.05) is 0 Å². The maximum absolute atomic E-state index is 11.3. The smallest absolute Gasteiger partial charge is 0.317 e. The van der Waals surface area contributed by atoms with Crippen molar-refractivity contribution in [1.29, 1.82) is 0 Å². The summed E-state index contributed by atoms with van der Waals surface area (Å²) in [5.41, 5.74) is 5.42. The van der Waals surface area contributed by atoms with Crippen molar-refractivity contribution in [3.05, 3.63) is 0 Å². The van der Waals surface area contributed by atoms with Crippen molar-refractivity contribution in [3.63, 3.8) is 0 Å². The second-order valence-electron chi connectivity index (χ2n) is 3.61. The zero-order valence-electron chi connectivity index (χ0n) is 7.12. The molecule has 2 aliphatic rings. The molecular formula is C8H15N3O. The second-order valence-corrected chi connectivity index (χ2v) is 3.61. The monoisotopic (exact) mass is 169 g/mol. The van der Waals surface area contributed by atoms with Crippen LogP contribution in [0, 0.1) is 0 Å². The van der Waals surface area contributed by atoms with Gasteiger partial charge in [-0.05, 0) is 25.8 Å². The van der Waals surface area contributed by atoms with E-state index < -0.39 is 0 Å². The number of hydrogen-bond donors (Lipinski definition) is 2. The topological polar surface area (TPSA) is 58.4 Å². The Balaban J connectivity index is 1.88. The average Bonchev–Trinajstić information content (AvgIpc) is 2.79. The van der Waals surface area contributed by atoms with Crippen molar-refractivity contribution >= 4 is 6.03 Å². The van der Waals surface area contributed by atoms with Crippen LogP contribution in [0.5, 0.6) is 0 Å². The first-order valence-corrected chi connectivity index (χ1v) is 4.58. The standard InChI is InChI=1S/C8H15N3O/c9-4-3-6-5-11(7-1-2-7)8(12)10-6/h6-7H,1-5,9H2,(H,10,12).